The fraction of sp³-hybridized carbons (Fsp3) is 0.500. The van der Waals surface area contributed by atoms with Gasteiger partial charge in [0.1, 0.15) is 0 Å². The number of amides is 2. The molecule has 1 heterocycles. The molecule has 2 amide bonds. The maximum Gasteiger partial charge on any atom is 0.229 e. The van der Waals surface area contributed by atoms with Crippen molar-refractivity contribution in [1.29, 1.82) is 0 Å². The van der Waals surface area contributed by atoms with Crippen LogP contribution in [0.3, 0.4) is 0 Å². The third kappa shape index (κ3) is 5.48. The van der Waals surface area contributed by atoms with Crippen LogP contribution in [-0.2, 0) is 9.59 Å². The summed E-state index contributed by atoms with van der Waals surface area (Å²) >= 11 is 0. The first-order chi connectivity index (χ1) is 12.0. The van der Waals surface area contributed by atoms with E-state index in [4.69, 9.17) is 0 Å². The number of carbonyl (C=O) groups excluding carboxylic acids is 2. The third-order valence-corrected chi connectivity index (χ3v) is 3.97. The van der Waals surface area contributed by atoms with Crippen molar-refractivity contribution in [3.8, 4) is 0 Å². The van der Waals surface area contributed by atoms with Crippen LogP contribution in [0.15, 0.2) is 35.3 Å². The molecule has 7 heteroatoms. The van der Waals surface area contributed by atoms with Gasteiger partial charge in [0.2, 0.25) is 11.8 Å². The van der Waals surface area contributed by atoms with Gasteiger partial charge < -0.3 is 20.4 Å². The molecule has 0 spiro atoms. The van der Waals surface area contributed by atoms with Crippen molar-refractivity contribution >= 4 is 23.5 Å². The van der Waals surface area contributed by atoms with Crippen LogP contribution in [0.1, 0.15) is 19.8 Å². The monoisotopic (exact) mass is 345 g/mol. The molecule has 136 valence electrons. The zero-order valence-corrected chi connectivity index (χ0v) is 15.2. The van der Waals surface area contributed by atoms with Gasteiger partial charge in [-0.2, -0.15) is 0 Å². The molecule has 1 aromatic rings. The smallest absolute Gasteiger partial charge is 0.229 e. The van der Waals surface area contributed by atoms with Gasteiger partial charge >= 0.3 is 0 Å². The summed E-state index contributed by atoms with van der Waals surface area (Å²) in [5, 5.41) is 6.47. The molecule has 0 aromatic heterocycles. The number of hydrogen-bond donors (Lipinski definition) is 2. The molecule has 2 N–H and O–H groups in total. The highest BCUT2D eigenvalue weighted by molar-refractivity contribution is 5.97. The number of nitrogens with zero attached hydrogens (tertiary/aromatic N) is 3. The van der Waals surface area contributed by atoms with Crippen molar-refractivity contribution in [2.75, 3.05) is 38.6 Å². The SMILES string of the molecule is CCNC(=NCCC(=O)N(C)C)NC1CC(=O)N(c2ccccc2)C1. The Morgan fingerprint density at radius 1 is 1.32 bits per heavy atom. The minimum atomic E-state index is -0.00458. The normalized spacial score (nSPS) is 17.6. The van der Waals surface area contributed by atoms with E-state index < -0.39 is 0 Å². The molecule has 1 saturated heterocycles. The molecule has 2 rings (SSSR count). The van der Waals surface area contributed by atoms with Gasteiger partial charge in [-0.1, -0.05) is 18.2 Å². The quantitative estimate of drug-likeness (QED) is 0.591. The lowest BCUT2D eigenvalue weighted by atomic mass is 10.2. The van der Waals surface area contributed by atoms with E-state index >= 15 is 0 Å². The van der Waals surface area contributed by atoms with Gasteiger partial charge in [-0.15, -0.1) is 0 Å². The minimum absolute atomic E-state index is 0.00458. The Morgan fingerprint density at radius 3 is 2.68 bits per heavy atom. The Balaban J connectivity index is 1.93. The van der Waals surface area contributed by atoms with Crippen LogP contribution in [0.25, 0.3) is 0 Å². The maximum atomic E-state index is 12.3. The number of hydrogen-bond acceptors (Lipinski definition) is 3. The van der Waals surface area contributed by atoms with Crippen LogP contribution in [0.5, 0.6) is 0 Å². The number of anilines is 1. The predicted octanol–water partition coefficient (Wildman–Crippen LogP) is 0.825. The van der Waals surface area contributed by atoms with E-state index in [-0.39, 0.29) is 17.9 Å². The molecule has 1 unspecified atom stereocenters. The van der Waals surface area contributed by atoms with Crippen molar-refractivity contribution in [2.45, 2.75) is 25.8 Å². The van der Waals surface area contributed by atoms with Crippen LogP contribution in [0.4, 0.5) is 5.69 Å². The van der Waals surface area contributed by atoms with Gasteiger partial charge in [0, 0.05) is 45.7 Å². The van der Waals surface area contributed by atoms with E-state index in [1.807, 2.05) is 37.3 Å². The summed E-state index contributed by atoms with van der Waals surface area (Å²) < 4.78 is 0. The van der Waals surface area contributed by atoms with Crippen LogP contribution >= 0.6 is 0 Å². The molecule has 0 saturated carbocycles. The summed E-state index contributed by atoms with van der Waals surface area (Å²) in [5.74, 6) is 0.787. The molecule has 0 aliphatic carbocycles. The highest BCUT2D eigenvalue weighted by Crippen LogP contribution is 2.20. The lowest BCUT2D eigenvalue weighted by molar-refractivity contribution is -0.128. The van der Waals surface area contributed by atoms with Gasteiger partial charge in [-0.25, -0.2) is 0 Å². The molecule has 1 aliphatic heterocycles. The topological polar surface area (TPSA) is 77.0 Å². The fourth-order valence-corrected chi connectivity index (χ4v) is 2.66. The number of carbonyl (C=O) groups is 2. The first kappa shape index (κ1) is 18.8. The third-order valence-electron chi connectivity index (χ3n) is 3.97. The Kier molecular flexibility index (Phi) is 6.80. The van der Waals surface area contributed by atoms with Gasteiger partial charge in [-0.3, -0.25) is 14.6 Å². The summed E-state index contributed by atoms with van der Waals surface area (Å²) in [5.41, 5.74) is 0.912. The van der Waals surface area contributed by atoms with Crippen LogP contribution in [0.2, 0.25) is 0 Å². The van der Waals surface area contributed by atoms with E-state index in [2.05, 4.69) is 15.6 Å². The summed E-state index contributed by atoms with van der Waals surface area (Å²) in [6, 6.07) is 9.66. The van der Waals surface area contributed by atoms with Crippen molar-refractivity contribution < 1.29 is 9.59 Å². The molecule has 1 aromatic carbocycles. The number of benzene rings is 1. The second kappa shape index (κ2) is 9.05. The van der Waals surface area contributed by atoms with E-state index in [1.165, 1.54) is 0 Å². The van der Waals surface area contributed by atoms with Crippen LogP contribution in [0, 0.1) is 0 Å². The second-order valence-corrected chi connectivity index (χ2v) is 6.18. The Hall–Kier alpha value is -2.57. The number of para-hydroxylation sites is 1. The molecule has 25 heavy (non-hydrogen) atoms. The molecule has 0 radical (unpaired) electrons. The molecule has 1 fully saturated rings. The van der Waals surface area contributed by atoms with Crippen molar-refractivity contribution in [1.82, 2.24) is 15.5 Å². The van der Waals surface area contributed by atoms with E-state index in [0.29, 0.717) is 31.9 Å². The summed E-state index contributed by atoms with van der Waals surface area (Å²) in [6.45, 7) is 3.72. The first-order valence-electron chi connectivity index (χ1n) is 8.61. The second-order valence-electron chi connectivity index (χ2n) is 6.18. The molecule has 1 atom stereocenters. The summed E-state index contributed by atoms with van der Waals surface area (Å²) in [6.07, 6.45) is 0.791. The number of rotatable bonds is 6. The molecular weight excluding hydrogens is 318 g/mol. The van der Waals surface area contributed by atoms with Crippen molar-refractivity contribution in [3.63, 3.8) is 0 Å². The highest BCUT2D eigenvalue weighted by atomic mass is 16.2. The molecule has 0 bridgehead atoms. The highest BCUT2D eigenvalue weighted by Gasteiger charge is 2.31. The molecule has 7 nitrogen and oxygen atoms in total. The summed E-state index contributed by atoms with van der Waals surface area (Å²) in [7, 11) is 3.47. The lowest BCUT2D eigenvalue weighted by Crippen LogP contribution is -2.44. The van der Waals surface area contributed by atoms with E-state index in [0.717, 1.165) is 12.2 Å². The number of nitrogens with one attached hydrogen (secondary N) is 2. The zero-order chi connectivity index (χ0) is 18.2. The molecule has 1 aliphatic rings. The summed E-state index contributed by atoms with van der Waals surface area (Å²) in [4.78, 5) is 31.7. The zero-order valence-electron chi connectivity index (χ0n) is 15.2. The Bertz CT molecular complexity index is 615. The van der Waals surface area contributed by atoms with Gasteiger partial charge in [-0.05, 0) is 19.1 Å². The first-order valence-corrected chi connectivity index (χ1v) is 8.61. The standard InChI is InChI=1S/C18H27N5O2/c1-4-19-18(20-11-10-16(24)22(2)3)21-14-12-17(25)23(13-14)15-8-6-5-7-9-15/h5-9,14H,4,10-13H2,1-3H3,(H2,19,20,21). The van der Waals surface area contributed by atoms with Gasteiger partial charge in [0.15, 0.2) is 5.96 Å². The van der Waals surface area contributed by atoms with Gasteiger partial charge in [0.25, 0.3) is 0 Å². The number of guanidine groups is 1. The molecular formula is C18H27N5O2. The predicted molar refractivity (Wildman–Crippen MR) is 99.6 cm³/mol. The maximum absolute atomic E-state index is 12.3. The van der Waals surface area contributed by atoms with Crippen molar-refractivity contribution in [3.05, 3.63) is 30.3 Å². The number of aliphatic imine (C=N–C) groups is 1. The van der Waals surface area contributed by atoms with Crippen molar-refractivity contribution in [2.24, 2.45) is 4.99 Å². The van der Waals surface area contributed by atoms with E-state index in [1.54, 1.807) is 23.9 Å². The largest absolute Gasteiger partial charge is 0.357 e. The Morgan fingerprint density at radius 2 is 2.04 bits per heavy atom. The van der Waals surface area contributed by atoms with E-state index in [9.17, 15) is 9.59 Å². The average molecular weight is 345 g/mol. The Labute approximate surface area is 149 Å². The lowest BCUT2D eigenvalue weighted by Gasteiger charge is -2.19. The van der Waals surface area contributed by atoms with Gasteiger partial charge in [0.05, 0.1) is 12.6 Å². The average Bonchev–Trinajstić information content (AvgIpc) is 2.96. The minimum Gasteiger partial charge on any atom is -0.357 e. The van der Waals surface area contributed by atoms with Crippen LogP contribution < -0.4 is 15.5 Å². The van der Waals surface area contributed by atoms with Crippen LogP contribution in [-0.4, -0.2) is 62.4 Å². The fourth-order valence-electron chi connectivity index (χ4n) is 2.66.